The van der Waals surface area contributed by atoms with Crippen molar-refractivity contribution in [1.82, 2.24) is 14.9 Å². The number of aliphatic hydroxyl groups is 1. The Morgan fingerprint density at radius 3 is 2.74 bits per heavy atom. The molecule has 0 unspecified atom stereocenters. The van der Waals surface area contributed by atoms with Crippen molar-refractivity contribution < 1.29 is 5.11 Å². The third kappa shape index (κ3) is 4.32. The average molecular weight is 265 g/mol. The Bertz CT molecular complexity index is 367. The molecule has 1 saturated carbocycles. The molecule has 0 atom stereocenters. The number of nitrogens with one attached hydrogen (secondary N) is 1. The fraction of sp³-hybridized carbons (Fsp3) is 0.800. The van der Waals surface area contributed by atoms with Gasteiger partial charge in [0.15, 0.2) is 0 Å². The van der Waals surface area contributed by atoms with Crippen molar-refractivity contribution in [2.45, 2.75) is 70.6 Å². The standard InChI is InChI=1S/C15H27N3O/c1-2-9-18-13-17-11-14(18)10-16-12-15(19)7-5-3-4-6-8-15/h11,13,16,19H,2-10,12H2,1H3. The quantitative estimate of drug-likeness (QED) is 0.777. The second kappa shape index (κ2) is 7.06. The van der Waals surface area contributed by atoms with E-state index in [1.807, 2.05) is 12.5 Å². The van der Waals surface area contributed by atoms with Crippen molar-refractivity contribution in [2.24, 2.45) is 0 Å². The molecular weight excluding hydrogens is 238 g/mol. The Hall–Kier alpha value is -0.870. The van der Waals surface area contributed by atoms with Crippen LogP contribution >= 0.6 is 0 Å². The second-order valence-electron chi connectivity index (χ2n) is 5.82. The van der Waals surface area contributed by atoms with Crippen molar-refractivity contribution in [3.63, 3.8) is 0 Å². The third-order valence-electron chi connectivity index (χ3n) is 4.06. The molecule has 2 rings (SSSR count). The van der Waals surface area contributed by atoms with Gasteiger partial charge in [-0.3, -0.25) is 0 Å². The van der Waals surface area contributed by atoms with Gasteiger partial charge in [-0.1, -0.05) is 32.6 Å². The molecule has 19 heavy (non-hydrogen) atoms. The van der Waals surface area contributed by atoms with Gasteiger partial charge in [0.2, 0.25) is 0 Å². The van der Waals surface area contributed by atoms with Gasteiger partial charge in [0, 0.05) is 25.8 Å². The summed E-state index contributed by atoms with van der Waals surface area (Å²) in [6, 6.07) is 0. The van der Waals surface area contributed by atoms with Gasteiger partial charge < -0.3 is 15.0 Å². The molecule has 2 N–H and O–H groups in total. The molecule has 1 aromatic heterocycles. The maximum atomic E-state index is 10.6. The van der Waals surface area contributed by atoms with Crippen LogP contribution in [0.2, 0.25) is 0 Å². The van der Waals surface area contributed by atoms with E-state index < -0.39 is 5.60 Å². The SMILES string of the molecule is CCCn1cncc1CNCC1(O)CCCCCC1. The number of nitrogens with zero attached hydrogens (tertiary/aromatic N) is 2. The largest absolute Gasteiger partial charge is 0.389 e. The molecule has 1 heterocycles. The monoisotopic (exact) mass is 265 g/mol. The molecule has 0 bridgehead atoms. The summed E-state index contributed by atoms with van der Waals surface area (Å²) in [5.74, 6) is 0. The first-order chi connectivity index (χ1) is 9.23. The van der Waals surface area contributed by atoms with Crippen LogP contribution in [0.25, 0.3) is 0 Å². The maximum absolute atomic E-state index is 10.6. The first-order valence-electron chi connectivity index (χ1n) is 7.66. The highest BCUT2D eigenvalue weighted by molar-refractivity contribution is 4.98. The summed E-state index contributed by atoms with van der Waals surface area (Å²) >= 11 is 0. The lowest BCUT2D eigenvalue weighted by Crippen LogP contribution is -2.40. The van der Waals surface area contributed by atoms with Crippen LogP contribution in [0.4, 0.5) is 0 Å². The highest BCUT2D eigenvalue weighted by Gasteiger charge is 2.27. The highest BCUT2D eigenvalue weighted by atomic mass is 16.3. The van der Waals surface area contributed by atoms with Gasteiger partial charge in [0.25, 0.3) is 0 Å². The smallest absolute Gasteiger partial charge is 0.0948 e. The molecular formula is C15H27N3O. The lowest BCUT2D eigenvalue weighted by molar-refractivity contribution is 0.0249. The minimum Gasteiger partial charge on any atom is -0.389 e. The van der Waals surface area contributed by atoms with Crippen LogP contribution < -0.4 is 5.32 Å². The first-order valence-corrected chi connectivity index (χ1v) is 7.66. The minimum absolute atomic E-state index is 0.494. The van der Waals surface area contributed by atoms with Crippen LogP contribution in [0.15, 0.2) is 12.5 Å². The van der Waals surface area contributed by atoms with Crippen LogP contribution in [-0.4, -0.2) is 26.8 Å². The number of rotatable bonds is 6. The summed E-state index contributed by atoms with van der Waals surface area (Å²) in [5, 5.41) is 14.0. The first kappa shape index (κ1) is 14.5. The molecule has 4 nitrogen and oxygen atoms in total. The summed E-state index contributed by atoms with van der Waals surface area (Å²) in [6.45, 7) is 4.68. The molecule has 1 aromatic rings. The van der Waals surface area contributed by atoms with E-state index in [1.165, 1.54) is 18.5 Å². The Morgan fingerprint density at radius 1 is 1.32 bits per heavy atom. The highest BCUT2D eigenvalue weighted by Crippen LogP contribution is 2.26. The molecule has 0 aromatic carbocycles. The zero-order valence-corrected chi connectivity index (χ0v) is 12.1. The van der Waals surface area contributed by atoms with E-state index in [4.69, 9.17) is 0 Å². The van der Waals surface area contributed by atoms with E-state index in [9.17, 15) is 5.11 Å². The summed E-state index contributed by atoms with van der Waals surface area (Å²) in [4.78, 5) is 4.20. The fourth-order valence-corrected chi connectivity index (χ4v) is 2.92. The number of aromatic nitrogens is 2. The summed E-state index contributed by atoms with van der Waals surface area (Å²) in [5.41, 5.74) is 0.714. The number of aryl methyl sites for hydroxylation is 1. The minimum atomic E-state index is -0.494. The topological polar surface area (TPSA) is 50.1 Å². The number of hydrogen-bond acceptors (Lipinski definition) is 3. The third-order valence-corrected chi connectivity index (χ3v) is 4.06. The van der Waals surface area contributed by atoms with Crippen LogP contribution in [-0.2, 0) is 13.1 Å². The Morgan fingerprint density at radius 2 is 2.05 bits per heavy atom. The van der Waals surface area contributed by atoms with Crippen molar-refractivity contribution >= 4 is 0 Å². The van der Waals surface area contributed by atoms with Gasteiger partial charge in [0.1, 0.15) is 0 Å². The van der Waals surface area contributed by atoms with Crippen molar-refractivity contribution in [3.8, 4) is 0 Å². The molecule has 0 radical (unpaired) electrons. The van der Waals surface area contributed by atoms with Gasteiger partial charge >= 0.3 is 0 Å². The predicted molar refractivity (Wildman–Crippen MR) is 76.9 cm³/mol. The van der Waals surface area contributed by atoms with E-state index >= 15 is 0 Å². The van der Waals surface area contributed by atoms with E-state index in [2.05, 4.69) is 21.8 Å². The fourth-order valence-electron chi connectivity index (χ4n) is 2.92. The summed E-state index contributed by atoms with van der Waals surface area (Å²) in [7, 11) is 0. The molecule has 0 saturated heterocycles. The molecule has 0 aliphatic heterocycles. The Balaban J connectivity index is 1.80. The van der Waals surface area contributed by atoms with Crippen LogP contribution in [0, 0.1) is 0 Å². The van der Waals surface area contributed by atoms with Gasteiger partial charge in [-0.2, -0.15) is 0 Å². The average Bonchev–Trinajstić information content (AvgIpc) is 2.70. The Kier molecular flexibility index (Phi) is 5.40. The lowest BCUT2D eigenvalue weighted by Gasteiger charge is -2.27. The Labute approximate surface area is 116 Å². The molecule has 108 valence electrons. The van der Waals surface area contributed by atoms with Crippen molar-refractivity contribution in [1.29, 1.82) is 0 Å². The van der Waals surface area contributed by atoms with Gasteiger partial charge in [-0.05, 0) is 19.3 Å². The zero-order chi connectivity index (χ0) is 13.6. The number of imidazole rings is 1. The maximum Gasteiger partial charge on any atom is 0.0948 e. The normalized spacial score (nSPS) is 19.3. The van der Waals surface area contributed by atoms with E-state index in [1.54, 1.807) is 0 Å². The summed E-state index contributed by atoms with van der Waals surface area (Å²) in [6.07, 6.45) is 11.7. The van der Waals surface area contributed by atoms with E-state index in [0.717, 1.165) is 45.2 Å². The van der Waals surface area contributed by atoms with E-state index in [0.29, 0.717) is 6.54 Å². The molecule has 0 amide bonds. The van der Waals surface area contributed by atoms with Gasteiger partial charge in [-0.15, -0.1) is 0 Å². The number of hydrogen-bond donors (Lipinski definition) is 2. The van der Waals surface area contributed by atoms with Crippen LogP contribution in [0.3, 0.4) is 0 Å². The predicted octanol–water partition coefficient (Wildman–Crippen LogP) is 2.47. The zero-order valence-electron chi connectivity index (χ0n) is 12.1. The molecule has 1 aliphatic carbocycles. The molecule has 1 aliphatic rings. The van der Waals surface area contributed by atoms with Crippen molar-refractivity contribution in [3.05, 3.63) is 18.2 Å². The second-order valence-corrected chi connectivity index (χ2v) is 5.82. The van der Waals surface area contributed by atoms with Gasteiger partial charge in [0.05, 0.1) is 17.6 Å². The van der Waals surface area contributed by atoms with Gasteiger partial charge in [-0.25, -0.2) is 4.98 Å². The molecule has 1 fully saturated rings. The molecule has 4 heteroatoms. The van der Waals surface area contributed by atoms with Crippen LogP contribution in [0.5, 0.6) is 0 Å². The lowest BCUT2D eigenvalue weighted by atomic mass is 9.94. The molecule has 0 spiro atoms. The van der Waals surface area contributed by atoms with Crippen LogP contribution in [0.1, 0.15) is 57.6 Å². The van der Waals surface area contributed by atoms with E-state index in [-0.39, 0.29) is 0 Å². The summed E-state index contributed by atoms with van der Waals surface area (Å²) < 4.78 is 2.18. The van der Waals surface area contributed by atoms with Crippen molar-refractivity contribution in [2.75, 3.05) is 6.54 Å².